The summed E-state index contributed by atoms with van der Waals surface area (Å²) in [7, 11) is 0.242. The molecule has 3 heteroatoms. The zero-order valence-electron chi connectivity index (χ0n) is 13.8. The maximum Gasteiger partial charge on any atom is 0.220 e. The first kappa shape index (κ1) is 17.1. The van der Waals surface area contributed by atoms with Crippen molar-refractivity contribution in [2.45, 2.75) is 51.4 Å². The van der Waals surface area contributed by atoms with Crippen LogP contribution in [-0.4, -0.2) is 20.4 Å². The average molecular weight is 292 g/mol. The summed E-state index contributed by atoms with van der Waals surface area (Å²) in [6.45, 7) is 15.2. The average Bonchev–Trinajstić information content (AvgIpc) is 2.35. The first-order chi connectivity index (χ1) is 9.19. The number of benzene rings is 1. The summed E-state index contributed by atoms with van der Waals surface area (Å²) in [4.78, 5) is 0. The van der Waals surface area contributed by atoms with Gasteiger partial charge in [0.1, 0.15) is 0 Å². The van der Waals surface area contributed by atoms with Crippen molar-refractivity contribution in [2.24, 2.45) is 0 Å². The van der Waals surface area contributed by atoms with E-state index in [-0.39, 0.29) is 11.1 Å². The molecular weight excluding hydrogens is 262 g/mol. The zero-order chi connectivity index (χ0) is 15.4. The van der Waals surface area contributed by atoms with Gasteiger partial charge in [-0.2, -0.15) is 5.06 Å². The summed E-state index contributed by atoms with van der Waals surface area (Å²) < 4.78 is 6.40. The zero-order valence-corrected chi connectivity index (χ0v) is 14.8. The SMILES string of the molecule is C=CCC(c1ccccc1)N(C)O[Si](C)(C)C(C)(C)C. The van der Waals surface area contributed by atoms with Crippen LogP contribution in [0.1, 0.15) is 38.8 Å². The van der Waals surface area contributed by atoms with E-state index >= 15 is 0 Å². The van der Waals surface area contributed by atoms with Crippen molar-refractivity contribution >= 4 is 8.32 Å². The minimum Gasteiger partial charge on any atom is -0.342 e. The minimum absolute atomic E-state index is 0.205. The van der Waals surface area contributed by atoms with Crippen molar-refractivity contribution in [1.29, 1.82) is 0 Å². The van der Waals surface area contributed by atoms with Crippen molar-refractivity contribution in [3.05, 3.63) is 48.6 Å². The number of hydrogen-bond acceptors (Lipinski definition) is 2. The van der Waals surface area contributed by atoms with Crippen LogP contribution in [-0.2, 0) is 4.53 Å². The Morgan fingerprint density at radius 2 is 1.80 bits per heavy atom. The van der Waals surface area contributed by atoms with Gasteiger partial charge in [-0.25, -0.2) is 0 Å². The van der Waals surface area contributed by atoms with Crippen LogP contribution in [0, 0.1) is 0 Å². The van der Waals surface area contributed by atoms with Crippen LogP contribution in [0.15, 0.2) is 43.0 Å². The first-order valence-electron chi connectivity index (χ1n) is 7.27. The van der Waals surface area contributed by atoms with E-state index in [1.165, 1.54) is 5.56 Å². The maximum absolute atomic E-state index is 6.40. The lowest BCUT2D eigenvalue weighted by Crippen LogP contribution is -2.46. The van der Waals surface area contributed by atoms with E-state index < -0.39 is 8.32 Å². The smallest absolute Gasteiger partial charge is 0.220 e. The minimum atomic E-state index is -1.80. The Morgan fingerprint density at radius 3 is 2.25 bits per heavy atom. The van der Waals surface area contributed by atoms with E-state index in [0.29, 0.717) is 0 Å². The van der Waals surface area contributed by atoms with E-state index in [9.17, 15) is 0 Å². The molecule has 0 heterocycles. The summed E-state index contributed by atoms with van der Waals surface area (Å²) in [6, 6.07) is 10.7. The van der Waals surface area contributed by atoms with Gasteiger partial charge in [0.25, 0.3) is 0 Å². The van der Waals surface area contributed by atoms with Crippen LogP contribution in [0.4, 0.5) is 0 Å². The number of hydrogen-bond donors (Lipinski definition) is 0. The van der Waals surface area contributed by atoms with E-state index in [0.717, 1.165) is 6.42 Å². The van der Waals surface area contributed by atoms with Gasteiger partial charge in [0.15, 0.2) is 0 Å². The Bertz CT molecular complexity index is 422. The summed E-state index contributed by atoms with van der Waals surface area (Å²) in [5.74, 6) is 0. The Labute approximate surface area is 125 Å². The molecule has 1 unspecified atom stereocenters. The topological polar surface area (TPSA) is 12.5 Å². The van der Waals surface area contributed by atoms with Crippen LogP contribution < -0.4 is 0 Å². The van der Waals surface area contributed by atoms with E-state index in [4.69, 9.17) is 4.53 Å². The van der Waals surface area contributed by atoms with E-state index in [1.807, 2.05) is 24.3 Å². The maximum atomic E-state index is 6.40. The van der Waals surface area contributed by atoms with Crippen molar-refractivity contribution in [3.8, 4) is 0 Å². The second-order valence-corrected chi connectivity index (χ2v) is 11.6. The molecule has 0 bridgehead atoms. The molecule has 0 saturated heterocycles. The Hall–Kier alpha value is -0.903. The fourth-order valence-corrected chi connectivity index (χ4v) is 3.01. The highest BCUT2D eigenvalue weighted by atomic mass is 28.4. The predicted octanol–water partition coefficient (Wildman–Crippen LogP) is 5.17. The third kappa shape index (κ3) is 4.30. The molecule has 0 saturated carbocycles. The van der Waals surface area contributed by atoms with Crippen LogP contribution in [0.5, 0.6) is 0 Å². The number of rotatable bonds is 6. The summed E-state index contributed by atoms with van der Waals surface area (Å²) in [5.41, 5.74) is 1.27. The largest absolute Gasteiger partial charge is 0.342 e. The van der Waals surface area contributed by atoms with Gasteiger partial charge in [-0.15, -0.1) is 6.58 Å². The second-order valence-electron chi connectivity index (χ2n) is 6.85. The highest BCUT2D eigenvalue weighted by molar-refractivity contribution is 6.74. The molecule has 0 aromatic heterocycles. The lowest BCUT2D eigenvalue weighted by molar-refractivity contribution is -0.0858. The van der Waals surface area contributed by atoms with Crippen LogP contribution >= 0.6 is 0 Å². The van der Waals surface area contributed by atoms with Crippen LogP contribution in [0.2, 0.25) is 18.1 Å². The molecule has 1 aromatic carbocycles. The third-order valence-electron chi connectivity index (χ3n) is 4.19. The molecule has 1 aromatic rings. The molecule has 0 aliphatic carbocycles. The van der Waals surface area contributed by atoms with Gasteiger partial charge in [-0.1, -0.05) is 57.2 Å². The Balaban J connectivity index is 2.91. The van der Waals surface area contributed by atoms with Gasteiger partial charge in [0.05, 0.1) is 6.04 Å². The standard InChI is InChI=1S/C17H29NOSi/c1-8-12-16(15-13-10-9-11-14-15)18(5)19-20(6,7)17(2,3)4/h8-11,13-14,16H,1,12H2,2-7H3. The molecule has 20 heavy (non-hydrogen) atoms. The lowest BCUT2D eigenvalue weighted by Gasteiger charge is -2.41. The van der Waals surface area contributed by atoms with Gasteiger partial charge in [0.2, 0.25) is 8.32 Å². The molecule has 2 nitrogen and oxygen atoms in total. The molecule has 0 radical (unpaired) electrons. The monoisotopic (exact) mass is 291 g/mol. The van der Waals surface area contributed by atoms with Crippen molar-refractivity contribution in [1.82, 2.24) is 5.06 Å². The summed E-state index contributed by atoms with van der Waals surface area (Å²) >= 11 is 0. The number of hydroxylamine groups is 2. The summed E-state index contributed by atoms with van der Waals surface area (Å²) in [6.07, 6.45) is 2.85. The molecular formula is C17H29NOSi. The Kier molecular flexibility index (Phi) is 5.75. The fourth-order valence-electron chi connectivity index (χ4n) is 1.89. The highest BCUT2D eigenvalue weighted by Crippen LogP contribution is 2.38. The van der Waals surface area contributed by atoms with Crippen molar-refractivity contribution in [3.63, 3.8) is 0 Å². The second kappa shape index (κ2) is 6.70. The lowest BCUT2D eigenvalue weighted by atomic mass is 10.0. The number of nitrogens with zero attached hydrogens (tertiary/aromatic N) is 1. The Morgan fingerprint density at radius 1 is 1.25 bits per heavy atom. The third-order valence-corrected chi connectivity index (χ3v) is 8.55. The normalized spacial score (nSPS) is 14.3. The van der Waals surface area contributed by atoms with Gasteiger partial charge < -0.3 is 4.53 Å². The van der Waals surface area contributed by atoms with Gasteiger partial charge >= 0.3 is 0 Å². The van der Waals surface area contributed by atoms with E-state index in [1.54, 1.807) is 0 Å². The molecule has 0 amide bonds. The van der Waals surface area contributed by atoms with Gasteiger partial charge in [-0.3, -0.25) is 0 Å². The molecule has 0 aliphatic heterocycles. The first-order valence-corrected chi connectivity index (χ1v) is 10.2. The predicted molar refractivity (Wildman–Crippen MR) is 90.0 cm³/mol. The van der Waals surface area contributed by atoms with E-state index in [2.05, 4.69) is 64.7 Å². The molecule has 0 aliphatic rings. The van der Waals surface area contributed by atoms with Crippen molar-refractivity contribution < 1.29 is 4.53 Å². The molecule has 1 atom stereocenters. The molecule has 1 rings (SSSR count). The van der Waals surface area contributed by atoms with Crippen LogP contribution in [0.3, 0.4) is 0 Å². The fraction of sp³-hybridized carbons (Fsp3) is 0.529. The molecule has 0 spiro atoms. The van der Waals surface area contributed by atoms with Gasteiger partial charge in [0, 0.05) is 7.05 Å². The molecule has 0 N–H and O–H groups in total. The van der Waals surface area contributed by atoms with Crippen molar-refractivity contribution in [2.75, 3.05) is 7.05 Å². The molecule has 0 fully saturated rings. The highest BCUT2D eigenvalue weighted by Gasteiger charge is 2.40. The van der Waals surface area contributed by atoms with Gasteiger partial charge in [-0.05, 0) is 30.1 Å². The quantitative estimate of drug-likeness (QED) is 0.407. The van der Waals surface area contributed by atoms with Crippen LogP contribution in [0.25, 0.3) is 0 Å². The molecule has 112 valence electrons. The summed E-state index contributed by atoms with van der Waals surface area (Å²) in [5, 5.41) is 2.24.